The number of nitrogens with two attached hydrogens (primary N) is 1. The van der Waals surface area contributed by atoms with Crippen molar-refractivity contribution >= 4 is 22.4 Å². The molecule has 1 unspecified atom stereocenters. The number of anilines is 2. The maximum atomic E-state index is 13.4. The highest BCUT2D eigenvalue weighted by Crippen LogP contribution is 2.47. The highest BCUT2D eigenvalue weighted by atomic mass is 19.4. The summed E-state index contributed by atoms with van der Waals surface area (Å²) in [5.74, 6) is 2.29. The van der Waals surface area contributed by atoms with Crippen LogP contribution in [0.4, 0.5) is 24.7 Å². The molecule has 1 aromatic heterocycles. The Bertz CT molecular complexity index is 1320. The molecule has 3 heterocycles. The zero-order valence-corrected chi connectivity index (χ0v) is 20.6. The standard InChI is InChI=1S/C26H29F3N4O3/c1-13(15-7-16(26(27,28)29)9-17(30)8-15)31-24-19-10-21(35-18-5-6-34-12-18)23-20(11-25(3,4)36-23)22(19)32-14(2)33-24/h7-10,13,18H,5-6,11-12,30H2,1-4H3,(H,31,32,33)/t13?,18-/m0/s1. The molecule has 1 saturated heterocycles. The van der Waals surface area contributed by atoms with Crippen LogP contribution < -0.4 is 20.5 Å². The van der Waals surface area contributed by atoms with Crippen LogP contribution in [0.1, 0.15) is 55.7 Å². The van der Waals surface area contributed by atoms with Crippen LogP contribution in [0.15, 0.2) is 24.3 Å². The molecule has 0 saturated carbocycles. The van der Waals surface area contributed by atoms with Gasteiger partial charge in [-0.1, -0.05) is 0 Å². The van der Waals surface area contributed by atoms with E-state index in [1.54, 1.807) is 13.8 Å². The van der Waals surface area contributed by atoms with Gasteiger partial charge in [-0.05, 0) is 57.5 Å². The number of nitrogen functional groups attached to an aromatic ring is 1. The van der Waals surface area contributed by atoms with E-state index in [0.29, 0.717) is 53.7 Å². The van der Waals surface area contributed by atoms with Gasteiger partial charge >= 0.3 is 6.18 Å². The highest BCUT2D eigenvalue weighted by molar-refractivity contribution is 5.95. The number of halogens is 3. The van der Waals surface area contributed by atoms with Crippen molar-refractivity contribution in [3.63, 3.8) is 0 Å². The summed E-state index contributed by atoms with van der Waals surface area (Å²) in [5, 5.41) is 4.00. The molecule has 0 aliphatic carbocycles. The highest BCUT2D eigenvalue weighted by Gasteiger charge is 2.37. The third kappa shape index (κ3) is 4.74. The van der Waals surface area contributed by atoms with Crippen LogP contribution >= 0.6 is 0 Å². The number of benzene rings is 2. The van der Waals surface area contributed by atoms with Crippen LogP contribution in [-0.4, -0.2) is 34.9 Å². The second-order valence-corrected chi connectivity index (χ2v) is 10.1. The maximum Gasteiger partial charge on any atom is 0.416 e. The van der Waals surface area contributed by atoms with Crippen LogP contribution in [0.3, 0.4) is 0 Å². The third-order valence-corrected chi connectivity index (χ3v) is 6.44. The maximum absolute atomic E-state index is 13.4. The van der Waals surface area contributed by atoms with Gasteiger partial charge in [-0.3, -0.25) is 0 Å². The molecule has 1 fully saturated rings. The molecule has 0 amide bonds. The Balaban J connectivity index is 1.58. The number of fused-ring (bicyclic) bond motifs is 3. The van der Waals surface area contributed by atoms with Gasteiger partial charge in [0.25, 0.3) is 0 Å². The Kier molecular flexibility index (Phi) is 5.89. The molecule has 0 radical (unpaired) electrons. The van der Waals surface area contributed by atoms with Gasteiger partial charge in [-0.15, -0.1) is 0 Å². The fourth-order valence-corrected chi connectivity index (χ4v) is 4.78. The summed E-state index contributed by atoms with van der Waals surface area (Å²) in [5.41, 5.74) is 6.67. The summed E-state index contributed by atoms with van der Waals surface area (Å²) in [4.78, 5) is 9.31. The average Bonchev–Trinajstić information content (AvgIpc) is 3.40. The minimum atomic E-state index is -4.49. The van der Waals surface area contributed by atoms with E-state index < -0.39 is 23.4 Å². The molecule has 0 spiro atoms. The first-order valence-electron chi connectivity index (χ1n) is 11.9. The number of alkyl halides is 3. The summed E-state index contributed by atoms with van der Waals surface area (Å²) in [7, 11) is 0. The van der Waals surface area contributed by atoms with E-state index in [4.69, 9.17) is 24.9 Å². The number of rotatable bonds is 5. The van der Waals surface area contributed by atoms with Crippen molar-refractivity contribution in [2.24, 2.45) is 0 Å². The van der Waals surface area contributed by atoms with E-state index in [1.807, 2.05) is 19.9 Å². The van der Waals surface area contributed by atoms with Crippen LogP contribution in [0.25, 0.3) is 10.9 Å². The van der Waals surface area contributed by atoms with Crippen LogP contribution in [0.5, 0.6) is 11.5 Å². The molecule has 7 nitrogen and oxygen atoms in total. The number of hydrogen-bond acceptors (Lipinski definition) is 7. The molecule has 3 aromatic rings. The van der Waals surface area contributed by atoms with Crippen molar-refractivity contribution in [2.75, 3.05) is 24.3 Å². The first-order chi connectivity index (χ1) is 16.9. The third-order valence-electron chi connectivity index (χ3n) is 6.44. The van der Waals surface area contributed by atoms with Gasteiger partial charge in [-0.2, -0.15) is 13.2 Å². The predicted octanol–water partition coefficient (Wildman–Crippen LogP) is 5.59. The SMILES string of the molecule is Cc1nc(NC(C)c2cc(N)cc(C(F)(F)F)c2)c2cc(O[C@H]3CCOC3)c3c(c2n1)CC(C)(C)O3. The van der Waals surface area contributed by atoms with Crippen LogP contribution in [-0.2, 0) is 17.3 Å². The molecule has 10 heteroatoms. The molecule has 2 aliphatic heterocycles. The number of ether oxygens (including phenoxy) is 3. The second-order valence-electron chi connectivity index (χ2n) is 10.1. The molecular formula is C26H29F3N4O3. The Morgan fingerprint density at radius 2 is 1.97 bits per heavy atom. The number of aryl methyl sites for hydroxylation is 1. The molecule has 0 bridgehead atoms. The molecule has 2 aliphatic rings. The van der Waals surface area contributed by atoms with Crippen molar-refractivity contribution in [1.82, 2.24) is 9.97 Å². The minimum absolute atomic E-state index is 0.0452. The van der Waals surface area contributed by atoms with E-state index in [-0.39, 0.29) is 11.8 Å². The average molecular weight is 503 g/mol. The number of nitrogens with one attached hydrogen (secondary N) is 1. The van der Waals surface area contributed by atoms with Gasteiger partial charge in [0.05, 0.1) is 30.3 Å². The fraction of sp³-hybridized carbons (Fsp3) is 0.462. The molecule has 192 valence electrons. The summed E-state index contributed by atoms with van der Waals surface area (Å²) >= 11 is 0. The first kappa shape index (κ1) is 24.4. The summed E-state index contributed by atoms with van der Waals surface area (Å²) in [6, 6.07) is 4.91. The van der Waals surface area contributed by atoms with Crippen molar-refractivity contribution in [3.05, 3.63) is 46.8 Å². The monoisotopic (exact) mass is 502 g/mol. The van der Waals surface area contributed by atoms with Gasteiger partial charge in [0.2, 0.25) is 0 Å². The van der Waals surface area contributed by atoms with E-state index in [9.17, 15) is 13.2 Å². The smallest absolute Gasteiger partial charge is 0.416 e. The Hall–Kier alpha value is -3.27. The lowest BCUT2D eigenvalue weighted by Gasteiger charge is -2.21. The van der Waals surface area contributed by atoms with Gasteiger partial charge in [0.15, 0.2) is 11.5 Å². The normalized spacial score (nSPS) is 19.7. The summed E-state index contributed by atoms with van der Waals surface area (Å²) in [6.45, 7) is 8.71. The lowest BCUT2D eigenvalue weighted by molar-refractivity contribution is -0.137. The van der Waals surface area contributed by atoms with E-state index in [2.05, 4.69) is 10.3 Å². The fourth-order valence-electron chi connectivity index (χ4n) is 4.78. The Labute approximate surface area is 207 Å². The van der Waals surface area contributed by atoms with Gasteiger partial charge in [0, 0.05) is 29.5 Å². The van der Waals surface area contributed by atoms with Crippen LogP contribution in [0.2, 0.25) is 0 Å². The molecule has 2 atom stereocenters. The van der Waals surface area contributed by atoms with E-state index in [1.165, 1.54) is 6.07 Å². The zero-order chi connectivity index (χ0) is 25.8. The quantitative estimate of drug-likeness (QED) is 0.439. The van der Waals surface area contributed by atoms with Crippen LogP contribution in [0, 0.1) is 6.92 Å². The van der Waals surface area contributed by atoms with Gasteiger partial charge < -0.3 is 25.3 Å². The van der Waals surface area contributed by atoms with Gasteiger partial charge in [0.1, 0.15) is 23.3 Å². The van der Waals surface area contributed by atoms with Crippen molar-refractivity contribution in [1.29, 1.82) is 0 Å². The lowest BCUT2D eigenvalue weighted by Crippen LogP contribution is -2.25. The molecule has 36 heavy (non-hydrogen) atoms. The summed E-state index contributed by atoms with van der Waals surface area (Å²) in [6.07, 6.45) is -3.17. The largest absolute Gasteiger partial charge is 0.484 e. The predicted molar refractivity (Wildman–Crippen MR) is 130 cm³/mol. The molecule has 3 N–H and O–H groups in total. The zero-order valence-electron chi connectivity index (χ0n) is 20.6. The number of nitrogens with zero attached hydrogens (tertiary/aromatic N) is 2. The van der Waals surface area contributed by atoms with Crippen molar-refractivity contribution in [2.45, 2.75) is 64.5 Å². The summed E-state index contributed by atoms with van der Waals surface area (Å²) < 4.78 is 58.1. The second kappa shape index (κ2) is 8.69. The lowest BCUT2D eigenvalue weighted by atomic mass is 9.98. The molecule has 5 rings (SSSR count). The van der Waals surface area contributed by atoms with Gasteiger partial charge in [-0.25, -0.2) is 9.97 Å². The van der Waals surface area contributed by atoms with E-state index >= 15 is 0 Å². The van der Waals surface area contributed by atoms with Crippen molar-refractivity contribution in [3.8, 4) is 11.5 Å². The topological polar surface area (TPSA) is 91.5 Å². The minimum Gasteiger partial charge on any atom is -0.484 e. The first-order valence-corrected chi connectivity index (χ1v) is 11.9. The molecular weight excluding hydrogens is 473 g/mol. The number of aromatic nitrogens is 2. The van der Waals surface area contributed by atoms with Crippen molar-refractivity contribution < 1.29 is 27.4 Å². The number of hydrogen-bond donors (Lipinski definition) is 2. The Morgan fingerprint density at radius 3 is 2.67 bits per heavy atom. The van der Waals surface area contributed by atoms with E-state index in [0.717, 1.165) is 29.6 Å². The Morgan fingerprint density at radius 1 is 1.19 bits per heavy atom. The molecule has 2 aromatic carbocycles.